The normalized spacial score (nSPS) is 11.9. The minimum Gasteiger partial charge on any atom is -0.503 e. The first kappa shape index (κ1) is 39.4. The molecule has 0 radical (unpaired) electrons. The fourth-order valence-corrected chi connectivity index (χ4v) is 9.32. The number of imidazole rings is 1. The van der Waals surface area contributed by atoms with Crippen molar-refractivity contribution in [1.29, 1.82) is 0 Å². The van der Waals surface area contributed by atoms with Gasteiger partial charge < -0.3 is 13.7 Å². The molecule has 7 heteroatoms. The van der Waals surface area contributed by atoms with Crippen LogP contribution in [0.4, 0.5) is 0 Å². The quantitative estimate of drug-likeness (QED) is 0.127. The van der Waals surface area contributed by atoms with Crippen molar-refractivity contribution in [3.05, 3.63) is 161 Å². The average Bonchev–Trinajstić information content (AvgIpc) is 3.73. The Bertz CT molecular complexity index is 3320. The van der Waals surface area contributed by atoms with Crippen molar-refractivity contribution < 1.29 is 25.8 Å². The van der Waals surface area contributed by atoms with Crippen LogP contribution in [0.2, 0.25) is 0 Å². The minimum atomic E-state index is -0.0292. The molecule has 0 fully saturated rings. The maximum atomic E-state index is 6.73. The topological polar surface area (TPSA) is 57.2 Å². The Morgan fingerprint density at radius 2 is 1.23 bits per heavy atom. The maximum absolute atomic E-state index is 6.73. The van der Waals surface area contributed by atoms with E-state index in [-0.39, 0.29) is 26.5 Å². The Hall–Kier alpha value is -6.10. The second kappa shape index (κ2) is 14.6. The van der Waals surface area contributed by atoms with Crippen molar-refractivity contribution in [1.82, 2.24) is 23.9 Å². The van der Waals surface area contributed by atoms with Gasteiger partial charge in [0.1, 0.15) is 5.82 Å². The molecule has 5 heterocycles. The van der Waals surface area contributed by atoms with Crippen molar-refractivity contribution >= 4 is 49.3 Å². The summed E-state index contributed by atoms with van der Waals surface area (Å²) < 4.78 is 11.2. The van der Waals surface area contributed by atoms with Crippen LogP contribution in [0.3, 0.4) is 0 Å². The molecule has 5 aromatic carbocycles. The number of ether oxygens (including phenoxy) is 1. The Morgan fingerprint density at radius 1 is 0.600 bits per heavy atom. The van der Waals surface area contributed by atoms with Crippen LogP contribution in [-0.4, -0.2) is 23.9 Å². The summed E-state index contributed by atoms with van der Waals surface area (Å²) >= 11 is 0. The summed E-state index contributed by atoms with van der Waals surface area (Å²) in [5.41, 5.74) is 17.4. The van der Waals surface area contributed by atoms with E-state index in [9.17, 15) is 0 Å². The van der Waals surface area contributed by atoms with Gasteiger partial charge in [-0.1, -0.05) is 103 Å². The van der Waals surface area contributed by atoms with Gasteiger partial charge in [-0.3, -0.25) is 9.97 Å². The summed E-state index contributed by atoms with van der Waals surface area (Å²) in [5, 5.41) is 4.02. The molecule has 0 aliphatic rings. The van der Waals surface area contributed by atoms with E-state index >= 15 is 0 Å². The Balaban J connectivity index is 0.00000462. The number of hydrogen-bond donors (Lipinski definition) is 0. The second-order valence-electron chi connectivity index (χ2n) is 17.2. The SMILES string of the molecule is Cc1cc(C)c(-c2nc3c4[c-]c(Oc5[c-]c6c(cc5)c5ccccc5n6-c5cc(C(C)(C)C)ccn5)ccc4c4ncccc4n3c2-c2c(C)cc(C)cc2C)c(C)c1.[Pt+2]. The number of hydrogen-bond acceptors (Lipinski definition) is 4. The number of aromatic nitrogens is 5. The Labute approximate surface area is 365 Å². The number of nitrogens with zero attached hydrogens (tertiary/aromatic N) is 5. The molecule has 0 unspecified atom stereocenters. The molecule has 0 atom stereocenters. The molecule has 60 heavy (non-hydrogen) atoms. The molecule has 0 saturated carbocycles. The average molecular weight is 963 g/mol. The van der Waals surface area contributed by atoms with Crippen molar-refractivity contribution in [3.8, 4) is 39.8 Å². The Morgan fingerprint density at radius 3 is 1.93 bits per heavy atom. The summed E-state index contributed by atoms with van der Waals surface area (Å²) in [6, 6.07) is 41.4. The molecule has 298 valence electrons. The predicted molar refractivity (Wildman–Crippen MR) is 242 cm³/mol. The van der Waals surface area contributed by atoms with E-state index in [2.05, 4.69) is 162 Å². The first-order valence-electron chi connectivity index (χ1n) is 20.3. The molecule has 0 aliphatic heterocycles. The van der Waals surface area contributed by atoms with E-state index in [1.165, 1.54) is 44.5 Å². The van der Waals surface area contributed by atoms with Crippen LogP contribution in [0.15, 0.2) is 109 Å². The van der Waals surface area contributed by atoms with E-state index in [4.69, 9.17) is 19.7 Å². The molecule has 6 nitrogen and oxygen atoms in total. The Kier molecular flexibility index (Phi) is 9.56. The third-order valence-corrected chi connectivity index (χ3v) is 11.7. The third kappa shape index (κ3) is 6.32. The van der Waals surface area contributed by atoms with Crippen LogP contribution < -0.4 is 4.74 Å². The minimum absolute atomic E-state index is 0. The van der Waals surface area contributed by atoms with Gasteiger partial charge >= 0.3 is 21.1 Å². The zero-order chi connectivity index (χ0) is 40.9. The van der Waals surface area contributed by atoms with Gasteiger partial charge in [0, 0.05) is 40.5 Å². The molecule has 0 aliphatic carbocycles. The number of benzene rings is 5. The first-order valence-corrected chi connectivity index (χ1v) is 20.3. The maximum Gasteiger partial charge on any atom is 2.00 e. The zero-order valence-corrected chi connectivity index (χ0v) is 37.6. The molecule has 10 rings (SSSR count). The summed E-state index contributed by atoms with van der Waals surface area (Å²) in [6.45, 7) is 19.8. The second-order valence-corrected chi connectivity index (χ2v) is 17.2. The van der Waals surface area contributed by atoms with E-state index in [0.29, 0.717) is 11.5 Å². The molecule has 0 spiro atoms. The van der Waals surface area contributed by atoms with Crippen LogP contribution in [0.5, 0.6) is 11.5 Å². The van der Waals surface area contributed by atoms with Crippen molar-refractivity contribution in [3.63, 3.8) is 0 Å². The van der Waals surface area contributed by atoms with E-state index < -0.39 is 0 Å². The molecule has 0 saturated heterocycles. The first-order chi connectivity index (χ1) is 28.4. The molecule has 10 aromatic rings. The van der Waals surface area contributed by atoms with E-state index in [0.717, 1.165) is 72.0 Å². The molecule has 0 N–H and O–H groups in total. The molecule has 0 bridgehead atoms. The van der Waals surface area contributed by atoms with Gasteiger partial charge in [0.25, 0.3) is 0 Å². The summed E-state index contributed by atoms with van der Waals surface area (Å²) in [5.74, 6) is 2.00. The van der Waals surface area contributed by atoms with Crippen molar-refractivity contribution in [2.24, 2.45) is 0 Å². The van der Waals surface area contributed by atoms with Gasteiger partial charge in [0.2, 0.25) is 0 Å². The molecular formula is C53H45N5OPt. The fraction of sp³-hybridized carbons (Fsp3) is 0.189. The van der Waals surface area contributed by atoms with Crippen molar-refractivity contribution in [2.45, 2.75) is 67.7 Å². The predicted octanol–water partition coefficient (Wildman–Crippen LogP) is 13.4. The number of pyridine rings is 3. The number of para-hydroxylation sites is 1. The molecule has 0 amide bonds. The van der Waals surface area contributed by atoms with Crippen LogP contribution in [0.25, 0.3) is 77.6 Å². The largest absolute Gasteiger partial charge is 2.00 e. The number of aryl methyl sites for hydroxylation is 6. The smallest absolute Gasteiger partial charge is 0.503 e. The van der Waals surface area contributed by atoms with Gasteiger partial charge in [0.15, 0.2) is 0 Å². The van der Waals surface area contributed by atoms with Gasteiger partial charge in [-0.15, -0.1) is 23.6 Å². The van der Waals surface area contributed by atoms with Crippen LogP contribution >= 0.6 is 0 Å². The summed E-state index contributed by atoms with van der Waals surface area (Å²) in [7, 11) is 0. The van der Waals surface area contributed by atoms with Gasteiger partial charge in [-0.05, 0) is 110 Å². The summed E-state index contributed by atoms with van der Waals surface area (Å²) in [6.07, 6.45) is 3.76. The van der Waals surface area contributed by atoms with E-state index in [1.807, 2.05) is 30.6 Å². The monoisotopic (exact) mass is 962 g/mol. The van der Waals surface area contributed by atoms with Gasteiger partial charge in [-0.25, -0.2) is 4.98 Å². The molecular weight excluding hydrogens is 918 g/mol. The fourth-order valence-electron chi connectivity index (χ4n) is 9.32. The van der Waals surface area contributed by atoms with Gasteiger partial charge in [0.05, 0.1) is 28.1 Å². The van der Waals surface area contributed by atoms with E-state index in [1.54, 1.807) is 0 Å². The number of rotatable bonds is 5. The standard InChI is InChI=1S/C53H45N5O.Pt/c1-30-23-32(3)47(33(4)24-30)50-51(48-34(5)25-31(2)26-35(48)6)58-44-15-12-21-55-49(44)41-19-17-37(28-42(41)52(58)56-50)59-38-16-18-40-39-13-10-11-14-43(39)57(45(40)29-38)46-27-36(20-22-54-46)53(7,8)9;/h10-27H,1-9H3;/q-2;+2. The third-order valence-electron chi connectivity index (χ3n) is 11.7. The van der Waals surface area contributed by atoms with Crippen LogP contribution in [0, 0.1) is 53.7 Å². The van der Waals surface area contributed by atoms with Crippen molar-refractivity contribution in [2.75, 3.05) is 0 Å². The van der Waals surface area contributed by atoms with Crippen LogP contribution in [-0.2, 0) is 26.5 Å². The van der Waals surface area contributed by atoms with Crippen LogP contribution in [0.1, 0.15) is 59.7 Å². The molecule has 5 aromatic heterocycles. The number of fused-ring (bicyclic) bond motifs is 9. The summed E-state index contributed by atoms with van der Waals surface area (Å²) in [4.78, 5) is 15.5. The zero-order valence-electron chi connectivity index (χ0n) is 35.4. The van der Waals surface area contributed by atoms with Gasteiger partial charge in [-0.2, -0.15) is 6.07 Å².